The van der Waals surface area contributed by atoms with Crippen LogP contribution in [0.2, 0.25) is 0 Å². The number of rotatable bonds is 8. The van der Waals surface area contributed by atoms with Crippen molar-refractivity contribution in [1.29, 1.82) is 0 Å². The third-order valence-electron chi connectivity index (χ3n) is 4.00. The molecule has 0 spiro atoms. The van der Waals surface area contributed by atoms with E-state index >= 15 is 0 Å². The van der Waals surface area contributed by atoms with Gasteiger partial charge in [-0.15, -0.1) is 0 Å². The van der Waals surface area contributed by atoms with Gasteiger partial charge in [-0.25, -0.2) is 0 Å². The zero-order chi connectivity index (χ0) is 17.4. The molecule has 25 heavy (non-hydrogen) atoms. The van der Waals surface area contributed by atoms with Crippen LogP contribution in [0.5, 0.6) is 0 Å². The number of benzene rings is 1. The predicted octanol–water partition coefficient (Wildman–Crippen LogP) is 2.08. The van der Waals surface area contributed by atoms with Crippen LogP contribution in [0, 0.1) is 0 Å². The van der Waals surface area contributed by atoms with Crippen molar-refractivity contribution in [2.75, 3.05) is 24.2 Å². The Morgan fingerprint density at radius 1 is 1.12 bits per heavy atom. The van der Waals surface area contributed by atoms with E-state index in [1.165, 1.54) is 29.7 Å². The molecule has 1 aromatic carbocycles. The van der Waals surface area contributed by atoms with Crippen LogP contribution >= 0.6 is 28.6 Å². The summed E-state index contributed by atoms with van der Waals surface area (Å²) in [5.74, 6) is 0.860. The molecule has 0 aliphatic rings. The zero-order valence-corrected chi connectivity index (χ0v) is 19.5. The largest absolute Gasteiger partial charge is 1.00 e. The summed E-state index contributed by atoms with van der Waals surface area (Å²) in [6.45, 7) is 4.23. The third kappa shape index (κ3) is 7.31. The average molecular weight is 533 g/mol. The van der Waals surface area contributed by atoms with Gasteiger partial charge < -0.3 is 28.9 Å². The Morgan fingerprint density at radius 3 is 2.40 bits per heavy atom. The van der Waals surface area contributed by atoms with Gasteiger partial charge >= 0.3 is 0 Å². The van der Waals surface area contributed by atoms with Gasteiger partial charge in [0.2, 0.25) is 4.60 Å². The summed E-state index contributed by atoms with van der Waals surface area (Å²) in [6.07, 6.45) is 8.86. The van der Waals surface area contributed by atoms with Crippen molar-refractivity contribution >= 4 is 46.4 Å². The fourth-order valence-electron chi connectivity index (χ4n) is 2.44. The minimum absolute atomic E-state index is 0. The highest BCUT2D eigenvalue weighted by atomic mass is 127. The lowest BCUT2D eigenvalue weighted by atomic mass is 10.1. The molecule has 0 N–H and O–H groups in total. The molecule has 2 nitrogen and oxygen atoms in total. The molecule has 2 aromatic rings. The highest BCUT2D eigenvalue weighted by Gasteiger charge is 2.06. The standard InChI is InChI=1S/C20H25BrN2S.HI/c1-3-4-12-23-13-11-18(16-20(23)21)6-5-17-7-9-19(10-8-17)22(2)14-15-24;/h5-11,13,16H,3-4,12,14-15H2,1-2H3;1H. The van der Waals surface area contributed by atoms with Crippen LogP contribution in [0.4, 0.5) is 5.69 Å². The van der Waals surface area contributed by atoms with Crippen LogP contribution in [0.25, 0.3) is 12.2 Å². The maximum Gasteiger partial charge on any atom is 0.248 e. The number of nitrogens with zero attached hydrogens (tertiary/aromatic N) is 2. The van der Waals surface area contributed by atoms with Crippen LogP contribution in [0.3, 0.4) is 0 Å². The van der Waals surface area contributed by atoms with Gasteiger partial charge in [0.25, 0.3) is 0 Å². The van der Waals surface area contributed by atoms with Gasteiger partial charge in [0.05, 0.1) is 0 Å². The van der Waals surface area contributed by atoms with E-state index in [1.54, 1.807) is 0 Å². The lowest BCUT2D eigenvalue weighted by molar-refractivity contribution is -0.707. The Bertz CT molecular complexity index is 674. The number of anilines is 1. The molecule has 1 heterocycles. The first-order valence-electron chi connectivity index (χ1n) is 8.43. The van der Waals surface area contributed by atoms with Crippen LogP contribution in [-0.2, 0) is 6.54 Å². The zero-order valence-electron chi connectivity index (χ0n) is 14.8. The van der Waals surface area contributed by atoms with Gasteiger partial charge in [0, 0.05) is 59.5 Å². The molecule has 5 heteroatoms. The van der Waals surface area contributed by atoms with Gasteiger partial charge in [-0.3, -0.25) is 0 Å². The molecule has 0 radical (unpaired) electrons. The summed E-state index contributed by atoms with van der Waals surface area (Å²) in [5.41, 5.74) is 3.63. The van der Waals surface area contributed by atoms with Crippen molar-refractivity contribution in [2.24, 2.45) is 0 Å². The molecule has 136 valence electrons. The molecule has 1 aromatic heterocycles. The molecule has 0 atom stereocenters. The molecule has 2 rings (SSSR count). The van der Waals surface area contributed by atoms with E-state index in [4.69, 9.17) is 0 Å². The highest BCUT2D eigenvalue weighted by Crippen LogP contribution is 2.16. The summed E-state index contributed by atoms with van der Waals surface area (Å²) < 4.78 is 3.37. The number of unbranched alkanes of at least 4 members (excludes halogenated alkanes) is 1. The van der Waals surface area contributed by atoms with Crippen molar-refractivity contribution in [3.8, 4) is 0 Å². The van der Waals surface area contributed by atoms with Gasteiger partial charge in [-0.1, -0.05) is 37.6 Å². The normalized spacial score (nSPS) is 10.7. The Kier molecular flexibility index (Phi) is 10.8. The first-order valence-corrected chi connectivity index (χ1v) is 9.85. The molecule has 0 amide bonds. The van der Waals surface area contributed by atoms with E-state index in [1.807, 2.05) is 0 Å². The Balaban J connectivity index is 0.00000312. The summed E-state index contributed by atoms with van der Waals surface area (Å²) in [7, 11) is 2.09. The topological polar surface area (TPSA) is 7.12 Å². The van der Waals surface area contributed by atoms with E-state index in [0.29, 0.717) is 0 Å². The number of aryl methyl sites for hydroxylation is 1. The van der Waals surface area contributed by atoms with E-state index in [-0.39, 0.29) is 24.0 Å². The van der Waals surface area contributed by atoms with E-state index in [9.17, 15) is 0 Å². The Morgan fingerprint density at radius 2 is 1.80 bits per heavy atom. The number of hydrogen-bond acceptors (Lipinski definition) is 2. The van der Waals surface area contributed by atoms with E-state index < -0.39 is 0 Å². The lowest BCUT2D eigenvalue weighted by Gasteiger charge is -2.17. The molecule has 0 fully saturated rings. The highest BCUT2D eigenvalue weighted by molar-refractivity contribution is 9.10. The molecular weight excluding hydrogens is 507 g/mol. The maximum absolute atomic E-state index is 4.28. The molecule has 0 saturated carbocycles. The SMILES string of the molecule is CCCC[n+]1ccc(/C=C/c2ccc(N(C)CCS)cc2)cc1Br.[I-]. The molecular formula is C20H26BrIN2S. The lowest BCUT2D eigenvalue weighted by Crippen LogP contribution is -3.00. The van der Waals surface area contributed by atoms with Gasteiger partial charge in [0.1, 0.15) is 6.54 Å². The number of thiol groups is 1. The maximum atomic E-state index is 4.28. The van der Waals surface area contributed by atoms with Gasteiger partial charge in [-0.2, -0.15) is 17.2 Å². The number of hydrogen-bond donors (Lipinski definition) is 1. The summed E-state index contributed by atoms with van der Waals surface area (Å²) in [4.78, 5) is 2.21. The van der Waals surface area contributed by atoms with Crippen molar-refractivity contribution in [3.05, 3.63) is 58.3 Å². The quantitative estimate of drug-likeness (QED) is 0.237. The van der Waals surface area contributed by atoms with Crippen molar-refractivity contribution in [2.45, 2.75) is 26.3 Å². The first kappa shape index (κ1) is 22.5. The molecule has 0 unspecified atom stereocenters. The predicted molar refractivity (Wildman–Crippen MR) is 112 cm³/mol. The summed E-state index contributed by atoms with van der Waals surface area (Å²) in [5, 5.41) is 0. The monoisotopic (exact) mass is 532 g/mol. The second-order valence-electron chi connectivity index (χ2n) is 5.90. The molecule has 0 aliphatic carbocycles. The van der Waals surface area contributed by atoms with Crippen LogP contribution in [0.1, 0.15) is 30.9 Å². The van der Waals surface area contributed by atoms with Crippen LogP contribution in [-0.4, -0.2) is 19.3 Å². The minimum Gasteiger partial charge on any atom is -1.00 e. The summed E-state index contributed by atoms with van der Waals surface area (Å²) in [6, 6.07) is 12.9. The summed E-state index contributed by atoms with van der Waals surface area (Å²) >= 11 is 7.94. The Labute approximate surface area is 182 Å². The Hall–Kier alpha value is -0.530. The molecule has 0 saturated heterocycles. The van der Waals surface area contributed by atoms with Crippen LogP contribution in [0.15, 0.2) is 47.2 Å². The number of pyridine rings is 1. The fourth-order valence-corrected chi connectivity index (χ4v) is 3.30. The van der Waals surface area contributed by atoms with Crippen molar-refractivity contribution in [3.63, 3.8) is 0 Å². The molecule has 0 aliphatic heterocycles. The van der Waals surface area contributed by atoms with Gasteiger partial charge in [-0.05, 0) is 23.3 Å². The fraction of sp³-hybridized carbons (Fsp3) is 0.350. The van der Waals surface area contributed by atoms with E-state index in [0.717, 1.165) is 23.4 Å². The molecule has 0 bridgehead atoms. The number of halogens is 2. The second kappa shape index (κ2) is 12.0. The minimum atomic E-state index is 0. The average Bonchev–Trinajstić information content (AvgIpc) is 2.60. The van der Waals surface area contributed by atoms with Crippen molar-refractivity contribution in [1.82, 2.24) is 0 Å². The van der Waals surface area contributed by atoms with Crippen molar-refractivity contribution < 1.29 is 28.5 Å². The van der Waals surface area contributed by atoms with Crippen LogP contribution < -0.4 is 33.4 Å². The first-order chi connectivity index (χ1) is 11.6. The van der Waals surface area contributed by atoms with Gasteiger partial charge in [0.15, 0.2) is 6.20 Å². The smallest absolute Gasteiger partial charge is 0.248 e. The third-order valence-corrected chi connectivity index (χ3v) is 4.88. The number of aromatic nitrogens is 1. The van der Waals surface area contributed by atoms with E-state index in [2.05, 4.69) is 107 Å². The second-order valence-corrected chi connectivity index (χ2v) is 7.16.